The van der Waals surface area contributed by atoms with Gasteiger partial charge in [-0.2, -0.15) is 0 Å². The summed E-state index contributed by atoms with van der Waals surface area (Å²) in [4.78, 5) is 0. The lowest BCUT2D eigenvalue weighted by Crippen LogP contribution is -2.10. The molecule has 0 bridgehead atoms. The fourth-order valence-electron chi connectivity index (χ4n) is 1.41. The third-order valence-corrected chi connectivity index (χ3v) is 2.44. The second-order valence-corrected chi connectivity index (χ2v) is 5.02. The van der Waals surface area contributed by atoms with Gasteiger partial charge in [0.15, 0.2) is 0 Å². The van der Waals surface area contributed by atoms with E-state index in [4.69, 9.17) is 5.11 Å². The first-order valence-electron chi connectivity index (χ1n) is 5.32. The van der Waals surface area contributed by atoms with Gasteiger partial charge in [-0.05, 0) is 29.0 Å². The number of hydrogen-bond donors (Lipinski definition) is 1. The van der Waals surface area contributed by atoms with E-state index in [-0.39, 0.29) is 12.0 Å². The monoisotopic (exact) mass is 204 g/mol. The van der Waals surface area contributed by atoms with Crippen LogP contribution in [0.15, 0.2) is 29.8 Å². The first-order chi connectivity index (χ1) is 6.93. The number of aliphatic hydroxyl groups excluding tert-OH is 1. The standard InChI is InChI=1S/C14H20O/c1-11(10-15)9-12-5-7-13(8-6-12)14(2,3)4/h5-9,15H,10H2,1-4H3/b11-9+. The molecule has 1 aromatic rings. The second-order valence-electron chi connectivity index (χ2n) is 5.02. The quantitative estimate of drug-likeness (QED) is 0.783. The molecule has 0 radical (unpaired) electrons. The van der Waals surface area contributed by atoms with Crippen molar-refractivity contribution in [1.82, 2.24) is 0 Å². The molecule has 1 N–H and O–H groups in total. The summed E-state index contributed by atoms with van der Waals surface area (Å²) in [7, 11) is 0. The van der Waals surface area contributed by atoms with Crippen LogP contribution < -0.4 is 0 Å². The molecule has 1 heteroatoms. The average Bonchev–Trinajstić information content (AvgIpc) is 2.17. The molecule has 0 aromatic heterocycles. The van der Waals surface area contributed by atoms with Crippen molar-refractivity contribution in [2.24, 2.45) is 0 Å². The van der Waals surface area contributed by atoms with Crippen molar-refractivity contribution in [1.29, 1.82) is 0 Å². The topological polar surface area (TPSA) is 20.2 Å². The van der Waals surface area contributed by atoms with Gasteiger partial charge in [0.05, 0.1) is 6.61 Å². The molecule has 0 fully saturated rings. The first-order valence-corrected chi connectivity index (χ1v) is 5.32. The molecular formula is C14H20O. The second kappa shape index (κ2) is 4.63. The van der Waals surface area contributed by atoms with Gasteiger partial charge in [0, 0.05) is 0 Å². The molecule has 1 nitrogen and oxygen atoms in total. The summed E-state index contributed by atoms with van der Waals surface area (Å²) in [6, 6.07) is 8.49. The average molecular weight is 204 g/mol. The van der Waals surface area contributed by atoms with E-state index in [2.05, 4.69) is 45.0 Å². The lowest BCUT2D eigenvalue weighted by molar-refractivity contribution is 0.332. The van der Waals surface area contributed by atoms with E-state index < -0.39 is 0 Å². The molecule has 0 aliphatic heterocycles. The van der Waals surface area contributed by atoms with Gasteiger partial charge in [-0.25, -0.2) is 0 Å². The van der Waals surface area contributed by atoms with Crippen LogP contribution in [0.4, 0.5) is 0 Å². The molecular weight excluding hydrogens is 184 g/mol. The normalized spacial score (nSPS) is 13.0. The maximum absolute atomic E-state index is 8.91. The third kappa shape index (κ3) is 3.52. The fourth-order valence-corrected chi connectivity index (χ4v) is 1.41. The van der Waals surface area contributed by atoms with Crippen LogP contribution in [0, 0.1) is 0 Å². The van der Waals surface area contributed by atoms with E-state index in [0.29, 0.717) is 0 Å². The maximum atomic E-state index is 8.91. The highest BCUT2D eigenvalue weighted by Crippen LogP contribution is 2.22. The lowest BCUT2D eigenvalue weighted by Gasteiger charge is -2.18. The molecule has 0 saturated carbocycles. The molecule has 82 valence electrons. The highest BCUT2D eigenvalue weighted by atomic mass is 16.3. The van der Waals surface area contributed by atoms with Gasteiger partial charge in [-0.3, -0.25) is 0 Å². The first kappa shape index (κ1) is 12.0. The van der Waals surface area contributed by atoms with E-state index in [0.717, 1.165) is 11.1 Å². The third-order valence-electron chi connectivity index (χ3n) is 2.44. The van der Waals surface area contributed by atoms with Gasteiger partial charge in [0.2, 0.25) is 0 Å². The van der Waals surface area contributed by atoms with E-state index in [1.807, 2.05) is 13.0 Å². The van der Waals surface area contributed by atoms with Crippen molar-refractivity contribution >= 4 is 6.08 Å². The van der Waals surface area contributed by atoms with Crippen molar-refractivity contribution in [2.45, 2.75) is 33.1 Å². The Morgan fingerprint density at radius 3 is 2.13 bits per heavy atom. The molecule has 0 aliphatic rings. The Morgan fingerprint density at radius 1 is 1.20 bits per heavy atom. The van der Waals surface area contributed by atoms with E-state index in [1.54, 1.807) is 0 Å². The van der Waals surface area contributed by atoms with Gasteiger partial charge < -0.3 is 5.11 Å². The predicted molar refractivity (Wildman–Crippen MR) is 65.9 cm³/mol. The predicted octanol–water partition coefficient (Wildman–Crippen LogP) is 3.38. The van der Waals surface area contributed by atoms with Gasteiger partial charge >= 0.3 is 0 Å². The summed E-state index contributed by atoms with van der Waals surface area (Å²) < 4.78 is 0. The SMILES string of the molecule is C/C(=C\c1ccc(C(C)(C)C)cc1)CO. The molecule has 0 spiro atoms. The minimum absolute atomic E-state index is 0.126. The summed E-state index contributed by atoms with van der Waals surface area (Å²) in [5.74, 6) is 0. The van der Waals surface area contributed by atoms with Crippen LogP contribution in [-0.4, -0.2) is 11.7 Å². The van der Waals surface area contributed by atoms with Crippen LogP contribution in [0.25, 0.3) is 6.08 Å². The Kier molecular flexibility index (Phi) is 3.70. The number of rotatable bonds is 2. The van der Waals surface area contributed by atoms with Crippen LogP contribution in [0.2, 0.25) is 0 Å². The van der Waals surface area contributed by atoms with Gasteiger partial charge in [-0.15, -0.1) is 0 Å². The molecule has 0 unspecified atom stereocenters. The van der Waals surface area contributed by atoms with Crippen LogP contribution >= 0.6 is 0 Å². The molecule has 0 heterocycles. The Morgan fingerprint density at radius 2 is 1.73 bits per heavy atom. The highest BCUT2D eigenvalue weighted by Gasteiger charge is 2.12. The zero-order valence-corrected chi connectivity index (χ0v) is 10.0. The van der Waals surface area contributed by atoms with Crippen molar-refractivity contribution in [3.8, 4) is 0 Å². The zero-order chi connectivity index (χ0) is 11.5. The smallest absolute Gasteiger partial charge is 0.0642 e. The molecule has 1 rings (SSSR count). The van der Waals surface area contributed by atoms with E-state index in [1.165, 1.54) is 5.56 Å². The van der Waals surface area contributed by atoms with Crippen molar-refractivity contribution in [3.63, 3.8) is 0 Å². The van der Waals surface area contributed by atoms with Crippen LogP contribution in [0.1, 0.15) is 38.8 Å². The maximum Gasteiger partial charge on any atom is 0.0642 e. The molecule has 0 amide bonds. The molecule has 0 atom stereocenters. The summed E-state index contributed by atoms with van der Waals surface area (Å²) in [5, 5.41) is 8.91. The van der Waals surface area contributed by atoms with Crippen LogP contribution in [0.3, 0.4) is 0 Å². The number of aliphatic hydroxyl groups is 1. The summed E-state index contributed by atoms with van der Waals surface area (Å²) in [5.41, 5.74) is 3.67. The highest BCUT2D eigenvalue weighted by molar-refractivity contribution is 5.53. The van der Waals surface area contributed by atoms with E-state index >= 15 is 0 Å². The van der Waals surface area contributed by atoms with Crippen molar-refractivity contribution < 1.29 is 5.11 Å². The van der Waals surface area contributed by atoms with Gasteiger partial charge in [0.25, 0.3) is 0 Å². The molecule has 0 aliphatic carbocycles. The van der Waals surface area contributed by atoms with Gasteiger partial charge in [0.1, 0.15) is 0 Å². The molecule has 15 heavy (non-hydrogen) atoms. The van der Waals surface area contributed by atoms with Gasteiger partial charge in [-0.1, -0.05) is 51.1 Å². The Bertz CT molecular complexity index is 339. The Labute approximate surface area is 92.5 Å². The largest absolute Gasteiger partial charge is 0.392 e. The van der Waals surface area contributed by atoms with Crippen molar-refractivity contribution in [3.05, 3.63) is 41.0 Å². The fraction of sp³-hybridized carbons (Fsp3) is 0.429. The summed E-state index contributed by atoms with van der Waals surface area (Å²) >= 11 is 0. The number of hydrogen-bond acceptors (Lipinski definition) is 1. The Hall–Kier alpha value is -1.08. The number of benzene rings is 1. The minimum Gasteiger partial charge on any atom is -0.392 e. The van der Waals surface area contributed by atoms with E-state index in [9.17, 15) is 0 Å². The minimum atomic E-state index is 0.126. The summed E-state index contributed by atoms with van der Waals surface area (Å²) in [6.07, 6.45) is 2.01. The summed E-state index contributed by atoms with van der Waals surface area (Å²) in [6.45, 7) is 8.67. The molecule has 1 aromatic carbocycles. The van der Waals surface area contributed by atoms with Crippen LogP contribution in [-0.2, 0) is 5.41 Å². The Balaban J connectivity index is 2.91. The lowest BCUT2D eigenvalue weighted by atomic mass is 9.86. The van der Waals surface area contributed by atoms with Crippen molar-refractivity contribution in [2.75, 3.05) is 6.61 Å². The van der Waals surface area contributed by atoms with Crippen LogP contribution in [0.5, 0.6) is 0 Å². The molecule has 0 saturated heterocycles. The zero-order valence-electron chi connectivity index (χ0n) is 10.0.